The maximum Gasteiger partial charge on any atom is 0.224 e. The summed E-state index contributed by atoms with van der Waals surface area (Å²) in [7, 11) is -3.11. The second kappa shape index (κ2) is 6.60. The Morgan fingerprint density at radius 3 is 2.78 bits per heavy atom. The van der Waals surface area contributed by atoms with E-state index in [1.54, 1.807) is 11.1 Å². The number of carbonyl (C=O) groups is 1. The summed E-state index contributed by atoms with van der Waals surface area (Å²) >= 11 is 0. The van der Waals surface area contributed by atoms with Crippen LogP contribution in [-0.4, -0.2) is 71.9 Å². The Hall–Kier alpha value is -1.41. The van der Waals surface area contributed by atoms with E-state index in [-0.39, 0.29) is 24.1 Å². The van der Waals surface area contributed by atoms with Gasteiger partial charge in [-0.2, -0.15) is 0 Å². The van der Waals surface area contributed by atoms with Gasteiger partial charge >= 0.3 is 0 Å². The minimum Gasteiger partial charge on any atom is -0.335 e. The third kappa shape index (κ3) is 4.11. The van der Waals surface area contributed by atoms with Crippen LogP contribution in [-0.2, 0) is 21.2 Å². The molecule has 0 saturated carbocycles. The van der Waals surface area contributed by atoms with Crippen LogP contribution in [0.2, 0.25) is 0 Å². The molecule has 0 aliphatic carbocycles. The van der Waals surface area contributed by atoms with Gasteiger partial charge < -0.3 is 14.4 Å². The van der Waals surface area contributed by atoms with Crippen molar-refractivity contribution in [3.63, 3.8) is 0 Å². The smallest absolute Gasteiger partial charge is 0.224 e. The van der Waals surface area contributed by atoms with E-state index in [4.69, 9.17) is 0 Å². The summed E-state index contributed by atoms with van der Waals surface area (Å²) in [6.45, 7) is 4.28. The molecule has 2 aliphatic rings. The van der Waals surface area contributed by atoms with Gasteiger partial charge in [-0.05, 0) is 25.9 Å². The molecule has 7 nitrogen and oxygen atoms in total. The predicted octanol–water partition coefficient (Wildman–Crippen LogP) is 0.297. The van der Waals surface area contributed by atoms with Crippen LogP contribution in [0.5, 0.6) is 0 Å². The zero-order valence-corrected chi connectivity index (χ0v) is 14.3. The van der Waals surface area contributed by atoms with Gasteiger partial charge in [-0.25, -0.2) is 13.4 Å². The van der Waals surface area contributed by atoms with Crippen molar-refractivity contribution in [1.82, 2.24) is 19.4 Å². The van der Waals surface area contributed by atoms with Crippen LogP contribution in [0.25, 0.3) is 0 Å². The zero-order chi connectivity index (χ0) is 16.4. The number of fused-ring (bicyclic) bond motifs is 1. The first-order chi connectivity index (χ1) is 10.9. The fraction of sp³-hybridized carbons (Fsp3) is 0.733. The number of amides is 1. The molecule has 0 aromatic carbocycles. The average Bonchev–Trinajstić information content (AvgIpc) is 3.14. The summed E-state index contributed by atoms with van der Waals surface area (Å²) in [6.07, 6.45) is 7.34. The summed E-state index contributed by atoms with van der Waals surface area (Å²) < 4.78 is 24.7. The number of hydrogen-bond acceptors (Lipinski definition) is 5. The molecular formula is C15H24N4O3S. The van der Waals surface area contributed by atoms with E-state index >= 15 is 0 Å². The van der Waals surface area contributed by atoms with E-state index in [9.17, 15) is 13.2 Å². The largest absolute Gasteiger partial charge is 0.335 e. The molecule has 0 radical (unpaired) electrons. The zero-order valence-electron chi connectivity index (χ0n) is 13.5. The second-order valence-electron chi connectivity index (χ2n) is 6.61. The molecule has 8 heteroatoms. The molecule has 1 atom stereocenters. The molecule has 0 bridgehead atoms. The molecule has 128 valence electrons. The lowest BCUT2D eigenvalue weighted by molar-refractivity contribution is -0.132. The number of likely N-dealkylation sites (tertiary alicyclic amines) is 1. The van der Waals surface area contributed by atoms with E-state index in [0.717, 1.165) is 25.3 Å². The molecule has 1 amide bonds. The van der Waals surface area contributed by atoms with E-state index in [1.165, 1.54) is 19.1 Å². The van der Waals surface area contributed by atoms with Crippen molar-refractivity contribution in [1.29, 1.82) is 0 Å². The van der Waals surface area contributed by atoms with Crippen molar-refractivity contribution in [2.45, 2.75) is 31.8 Å². The molecular weight excluding hydrogens is 316 g/mol. The number of hydrogen-bond donors (Lipinski definition) is 0. The Balaban J connectivity index is 1.68. The molecule has 3 rings (SSSR count). The average molecular weight is 340 g/mol. The SMILES string of the molecule is CS(=O)(=O)CCC(=O)N1Cc2cncn2[C@H](CN2CCCC2)C1. The van der Waals surface area contributed by atoms with Crippen molar-refractivity contribution in [2.24, 2.45) is 0 Å². The van der Waals surface area contributed by atoms with Crippen molar-refractivity contribution in [2.75, 3.05) is 38.2 Å². The van der Waals surface area contributed by atoms with Crippen LogP contribution >= 0.6 is 0 Å². The van der Waals surface area contributed by atoms with Gasteiger partial charge in [0.25, 0.3) is 0 Å². The van der Waals surface area contributed by atoms with Crippen LogP contribution < -0.4 is 0 Å². The van der Waals surface area contributed by atoms with Crippen LogP contribution in [0.3, 0.4) is 0 Å². The Bertz CT molecular complexity index is 664. The highest BCUT2D eigenvalue weighted by Gasteiger charge is 2.29. The van der Waals surface area contributed by atoms with Crippen molar-refractivity contribution >= 4 is 15.7 Å². The van der Waals surface area contributed by atoms with Crippen LogP contribution in [0.4, 0.5) is 0 Å². The normalized spacial score (nSPS) is 22.3. The van der Waals surface area contributed by atoms with Gasteiger partial charge in [0, 0.05) is 32.0 Å². The van der Waals surface area contributed by atoms with Crippen molar-refractivity contribution in [3.05, 3.63) is 18.2 Å². The first-order valence-corrected chi connectivity index (χ1v) is 10.2. The minimum atomic E-state index is -3.11. The summed E-state index contributed by atoms with van der Waals surface area (Å²) in [5.41, 5.74) is 1.02. The molecule has 1 aromatic heterocycles. The highest BCUT2D eigenvalue weighted by atomic mass is 32.2. The lowest BCUT2D eigenvalue weighted by Crippen LogP contribution is -2.44. The van der Waals surface area contributed by atoms with E-state index < -0.39 is 9.84 Å². The summed E-state index contributed by atoms with van der Waals surface area (Å²) in [5.74, 6) is -0.174. The lowest BCUT2D eigenvalue weighted by Gasteiger charge is -2.36. The molecule has 1 fully saturated rings. The van der Waals surface area contributed by atoms with E-state index in [2.05, 4.69) is 14.5 Å². The maximum atomic E-state index is 12.4. The van der Waals surface area contributed by atoms with Crippen LogP contribution in [0.15, 0.2) is 12.5 Å². The van der Waals surface area contributed by atoms with Gasteiger partial charge in [0.15, 0.2) is 0 Å². The fourth-order valence-electron chi connectivity index (χ4n) is 3.42. The van der Waals surface area contributed by atoms with Gasteiger partial charge in [-0.1, -0.05) is 0 Å². The van der Waals surface area contributed by atoms with Gasteiger partial charge in [0.2, 0.25) is 5.91 Å². The Kier molecular flexibility index (Phi) is 4.72. The number of sulfone groups is 1. The number of aromatic nitrogens is 2. The van der Waals surface area contributed by atoms with Crippen molar-refractivity contribution in [3.8, 4) is 0 Å². The molecule has 1 saturated heterocycles. The van der Waals surface area contributed by atoms with Gasteiger partial charge in [0.05, 0.1) is 30.4 Å². The Labute approximate surface area is 137 Å². The molecule has 0 N–H and O–H groups in total. The second-order valence-corrected chi connectivity index (χ2v) is 8.87. The standard InChI is InChI=1S/C15H24N4O3S/c1-23(21,22)7-4-15(20)18-10-13-8-16-12-19(13)14(11-18)9-17-5-2-3-6-17/h8,12,14H,2-7,9-11H2,1H3/t14-/m1/s1. The third-order valence-electron chi connectivity index (χ3n) is 4.63. The number of rotatable bonds is 5. The maximum absolute atomic E-state index is 12.4. The quantitative estimate of drug-likeness (QED) is 0.770. The number of carbonyl (C=O) groups excluding carboxylic acids is 1. The number of imidazole rings is 1. The van der Waals surface area contributed by atoms with Gasteiger partial charge in [-0.3, -0.25) is 4.79 Å². The first-order valence-electron chi connectivity index (χ1n) is 8.11. The first kappa shape index (κ1) is 16.4. The molecule has 0 spiro atoms. The van der Waals surface area contributed by atoms with E-state index in [0.29, 0.717) is 13.1 Å². The lowest BCUT2D eigenvalue weighted by atomic mass is 10.1. The monoisotopic (exact) mass is 340 g/mol. The molecule has 1 aromatic rings. The number of nitrogens with zero attached hydrogens (tertiary/aromatic N) is 4. The molecule has 23 heavy (non-hydrogen) atoms. The summed E-state index contributed by atoms with van der Waals surface area (Å²) in [5, 5.41) is 0. The summed E-state index contributed by atoms with van der Waals surface area (Å²) in [6, 6.07) is 0.196. The fourth-order valence-corrected chi connectivity index (χ4v) is 3.96. The van der Waals surface area contributed by atoms with Gasteiger partial charge in [-0.15, -0.1) is 0 Å². The molecule has 3 heterocycles. The topological polar surface area (TPSA) is 75.5 Å². The molecule has 0 unspecified atom stereocenters. The summed E-state index contributed by atoms with van der Waals surface area (Å²) in [4.78, 5) is 20.8. The Morgan fingerprint density at radius 2 is 2.09 bits per heavy atom. The Morgan fingerprint density at radius 1 is 1.35 bits per heavy atom. The predicted molar refractivity (Wildman–Crippen MR) is 86.7 cm³/mol. The molecule has 2 aliphatic heterocycles. The van der Waals surface area contributed by atoms with Crippen molar-refractivity contribution < 1.29 is 13.2 Å². The van der Waals surface area contributed by atoms with Gasteiger partial charge in [0.1, 0.15) is 9.84 Å². The highest BCUT2D eigenvalue weighted by Crippen LogP contribution is 2.23. The van der Waals surface area contributed by atoms with E-state index in [1.807, 2.05) is 6.33 Å². The van der Waals surface area contributed by atoms with Crippen LogP contribution in [0.1, 0.15) is 31.0 Å². The highest BCUT2D eigenvalue weighted by molar-refractivity contribution is 7.90. The van der Waals surface area contributed by atoms with Crippen LogP contribution in [0, 0.1) is 0 Å². The third-order valence-corrected chi connectivity index (χ3v) is 5.58. The minimum absolute atomic E-state index is 0.0589.